The van der Waals surface area contributed by atoms with Gasteiger partial charge in [0.2, 0.25) is 0 Å². The molecule has 0 aromatic heterocycles. The van der Waals surface area contributed by atoms with Gasteiger partial charge in [-0.3, -0.25) is 0 Å². The molecule has 0 unspecified atom stereocenters. The van der Waals surface area contributed by atoms with Crippen LogP contribution in [0.2, 0.25) is 5.02 Å². The highest BCUT2D eigenvalue weighted by molar-refractivity contribution is 6.31. The fourth-order valence-corrected chi connectivity index (χ4v) is 2.32. The predicted octanol–water partition coefficient (Wildman–Crippen LogP) is 3.91. The van der Waals surface area contributed by atoms with Gasteiger partial charge in [-0.15, -0.1) is 0 Å². The van der Waals surface area contributed by atoms with Crippen molar-refractivity contribution in [2.24, 2.45) is 5.92 Å². The molecule has 0 aliphatic carbocycles. The highest BCUT2D eigenvalue weighted by atomic mass is 35.5. The molecule has 1 fully saturated rings. The molecular formula is C14H19ClN2O. The zero-order chi connectivity index (χ0) is 13.1. The number of halogens is 1. The molecule has 2 amide bonds. The van der Waals surface area contributed by atoms with Gasteiger partial charge in [-0.25, -0.2) is 4.79 Å². The maximum Gasteiger partial charge on any atom is 0.321 e. The average Bonchev–Trinajstić information content (AvgIpc) is 2.36. The molecule has 0 radical (unpaired) electrons. The third kappa shape index (κ3) is 2.96. The van der Waals surface area contributed by atoms with Crippen molar-refractivity contribution in [3.63, 3.8) is 0 Å². The number of rotatable bonds is 1. The molecule has 4 heteroatoms. The smallest absolute Gasteiger partial charge is 0.321 e. The number of likely N-dealkylation sites (tertiary alicyclic amines) is 1. The van der Waals surface area contributed by atoms with Crippen LogP contribution >= 0.6 is 11.6 Å². The molecule has 0 bridgehead atoms. The number of urea groups is 1. The van der Waals surface area contributed by atoms with Gasteiger partial charge in [0.25, 0.3) is 0 Å². The van der Waals surface area contributed by atoms with Crippen molar-refractivity contribution in [3.05, 3.63) is 28.8 Å². The van der Waals surface area contributed by atoms with Crippen LogP contribution in [0.4, 0.5) is 10.5 Å². The summed E-state index contributed by atoms with van der Waals surface area (Å²) in [6, 6.07) is 5.54. The fourth-order valence-electron chi connectivity index (χ4n) is 2.15. The zero-order valence-corrected chi connectivity index (χ0v) is 11.6. The molecule has 1 aromatic rings. The molecule has 0 atom stereocenters. The number of piperidine rings is 1. The second-order valence-corrected chi connectivity index (χ2v) is 5.42. The molecule has 3 nitrogen and oxygen atoms in total. The summed E-state index contributed by atoms with van der Waals surface area (Å²) in [4.78, 5) is 14.0. The van der Waals surface area contributed by atoms with E-state index in [2.05, 4.69) is 12.2 Å². The maximum atomic E-state index is 12.1. The lowest BCUT2D eigenvalue weighted by Crippen LogP contribution is -2.40. The standard InChI is InChI=1S/C14H19ClN2O/c1-10-6-8-17(9-7-10)14(18)16-13-5-3-4-12(15)11(13)2/h3-5,10H,6-9H2,1-2H3,(H,16,18). The van der Waals surface area contributed by atoms with Crippen LogP contribution in [-0.4, -0.2) is 24.0 Å². The molecule has 1 aromatic carbocycles. The Labute approximate surface area is 113 Å². The third-order valence-electron chi connectivity index (χ3n) is 3.58. The summed E-state index contributed by atoms with van der Waals surface area (Å²) in [5, 5.41) is 3.62. The van der Waals surface area contributed by atoms with E-state index in [9.17, 15) is 4.79 Å². The minimum absolute atomic E-state index is 0.0210. The second-order valence-electron chi connectivity index (χ2n) is 5.01. The fraction of sp³-hybridized carbons (Fsp3) is 0.500. The topological polar surface area (TPSA) is 32.3 Å². The molecule has 2 rings (SSSR count). The maximum absolute atomic E-state index is 12.1. The number of hydrogen-bond donors (Lipinski definition) is 1. The SMILES string of the molecule is Cc1c(Cl)cccc1NC(=O)N1CCC(C)CC1. The van der Waals surface area contributed by atoms with Crippen LogP contribution in [-0.2, 0) is 0 Å². The number of carbonyl (C=O) groups is 1. The first-order chi connectivity index (χ1) is 8.58. The van der Waals surface area contributed by atoms with E-state index in [1.165, 1.54) is 0 Å². The van der Waals surface area contributed by atoms with Crippen LogP contribution in [0.15, 0.2) is 18.2 Å². The number of carbonyl (C=O) groups excluding carboxylic acids is 1. The Morgan fingerprint density at radius 2 is 2.06 bits per heavy atom. The number of hydrogen-bond acceptors (Lipinski definition) is 1. The average molecular weight is 267 g/mol. The minimum atomic E-state index is -0.0210. The van der Waals surface area contributed by atoms with Gasteiger partial charge < -0.3 is 10.2 Å². The van der Waals surface area contributed by atoms with Crippen LogP contribution in [0.25, 0.3) is 0 Å². The van der Waals surface area contributed by atoms with Crippen LogP contribution in [0.3, 0.4) is 0 Å². The van der Waals surface area contributed by atoms with Crippen molar-refractivity contribution in [1.82, 2.24) is 4.90 Å². The monoisotopic (exact) mass is 266 g/mol. The van der Waals surface area contributed by atoms with Crippen molar-refractivity contribution in [2.45, 2.75) is 26.7 Å². The molecule has 1 heterocycles. The number of benzene rings is 1. The van der Waals surface area contributed by atoms with E-state index >= 15 is 0 Å². The van der Waals surface area contributed by atoms with Crippen LogP contribution in [0.1, 0.15) is 25.3 Å². The van der Waals surface area contributed by atoms with Crippen molar-refractivity contribution >= 4 is 23.3 Å². The van der Waals surface area contributed by atoms with E-state index in [-0.39, 0.29) is 6.03 Å². The molecule has 1 N–H and O–H groups in total. The largest absolute Gasteiger partial charge is 0.325 e. The minimum Gasteiger partial charge on any atom is -0.325 e. The summed E-state index contributed by atoms with van der Waals surface area (Å²) in [6.45, 7) is 5.83. The van der Waals surface area contributed by atoms with Gasteiger partial charge in [-0.1, -0.05) is 24.6 Å². The zero-order valence-electron chi connectivity index (χ0n) is 10.9. The van der Waals surface area contributed by atoms with Crippen molar-refractivity contribution < 1.29 is 4.79 Å². The quantitative estimate of drug-likeness (QED) is 0.821. The van der Waals surface area contributed by atoms with E-state index in [1.54, 1.807) is 0 Å². The lowest BCUT2D eigenvalue weighted by molar-refractivity contribution is 0.186. The van der Waals surface area contributed by atoms with Crippen LogP contribution in [0, 0.1) is 12.8 Å². The first-order valence-electron chi connectivity index (χ1n) is 6.39. The van der Waals surface area contributed by atoms with E-state index < -0.39 is 0 Å². The molecule has 1 aliphatic heterocycles. The number of amides is 2. The van der Waals surface area contributed by atoms with E-state index in [4.69, 9.17) is 11.6 Å². The Hall–Kier alpha value is -1.22. The van der Waals surface area contributed by atoms with Gasteiger partial charge in [0.05, 0.1) is 0 Å². The van der Waals surface area contributed by atoms with E-state index in [0.29, 0.717) is 5.02 Å². The van der Waals surface area contributed by atoms with Gasteiger partial charge >= 0.3 is 6.03 Å². The van der Waals surface area contributed by atoms with Gasteiger partial charge in [0.15, 0.2) is 0 Å². The Morgan fingerprint density at radius 1 is 1.39 bits per heavy atom. The molecule has 98 valence electrons. The summed E-state index contributed by atoms with van der Waals surface area (Å²) >= 11 is 6.04. The molecule has 0 spiro atoms. The molecule has 1 aliphatic rings. The summed E-state index contributed by atoms with van der Waals surface area (Å²) in [5.74, 6) is 0.724. The van der Waals surface area contributed by atoms with Crippen molar-refractivity contribution in [3.8, 4) is 0 Å². The first kappa shape index (κ1) is 13.2. The lowest BCUT2D eigenvalue weighted by atomic mass is 10.00. The predicted molar refractivity (Wildman–Crippen MR) is 75.2 cm³/mol. The van der Waals surface area contributed by atoms with Gasteiger partial charge in [0, 0.05) is 23.8 Å². The first-order valence-corrected chi connectivity index (χ1v) is 6.76. The second kappa shape index (κ2) is 5.61. The van der Waals surface area contributed by atoms with E-state index in [0.717, 1.165) is 43.1 Å². The van der Waals surface area contributed by atoms with E-state index in [1.807, 2.05) is 30.0 Å². The van der Waals surface area contributed by atoms with Crippen LogP contribution in [0.5, 0.6) is 0 Å². The number of nitrogens with one attached hydrogen (secondary N) is 1. The Morgan fingerprint density at radius 3 is 2.72 bits per heavy atom. The normalized spacial score (nSPS) is 16.7. The Balaban J connectivity index is 2.01. The summed E-state index contributed by atoms with van der Waals surface area (Å²) in [7, 11) is 0. The summed E-state index contributed by atoms with van der Waals surface area (Å²) in [6.07, 6.45) is 2.17. The van der Waals surface area contributed by atoms with Gasteiger partial charge in [0.1, 0.15) is 0 Å². The number of nitrogens with zero attached hydrogens (tertiary/aromatic N) is 1. The lowest BCUT2D eigenvalue weighted by Gasteiger charge is -2.30. The molecule has 18 heavy (non-hydrogen) atoms. The van der Waals surface area contributed by atoms with Crippen molar-refractivity contribution in [2.75, 3.05) is 18.4 Å². The molecule has 1 saturated heterocycles. The summed E-state index contributed by atoms with van der Waals surface area (Å²) in [5.41, 5.74) is 1.71. The highest BCUT2D eigenvalue weighted by Crippen LogP contribution is 2.24. The van der Waals surface area contributed by atoms with Gasteiger partial charge in [-0.05, 0) is 43.4 Å². The number of anilines is 1. The van der Waals surface area contributed by atoms with Gasteiger partial charge in [-0.2, -0.15) is 0 Å². The molecular weight excluding hydrogens is 248 g/mol. The molecule has 0 saturated carbocycles. The Bertz CT molecular complexity index is 439. The third-order valence-corrected chi connectivity index (χ3v) is 3.99. The summed E-state index contributed by atoms with van der Waals surface area (Å²) < 4.78 is 0. The highest BCUT2D eigenvalue weighted by Gasteiger charge is 2.20. The van der Waals surface area contributed by atoms with Crippen molar-refractivity contribution in [1.29, 1.82) is 0 Å². The van der Waals surface area contributed by atoms with Crippen LogP contribution < -0.4 is 5.32 Å². The Kier molecular flexibility index (Phi) is 4.12.